The molecule has 0 fully saturated rings. The molecule has 0 saturated carbocycles. The predicted octanol–water partition coefficient (Wildman–Crippen LogP) is 1.15. The molecule has 19 heavy (non-hydrogen) atoms. The van der Waals surface area contributed by atoms with Gasteiger partial charge >= 0.3 is 0 Å². The molecule has 1 aromatic rings. The number of carbonyl (C=O) groups is 1. The minimum Gasteiger partial charge on any atom is -0.369 e. The Morgan fingerprint density at radius 1 is 1.53 bits per heavy atom. The molecule has 0 aliphatic heterocycles. The fraction of sp³-hybridized carbons (Fsp3) is 0.500. The Morgan fingerprint density at radius 2 is 2.32 bits per heavy atom. The number of unbranched alkanes of at least 4 members (excludes halogenated alkanes) is 1. The molecule has 0 unspecified atom stereocenters. The van der Waals surface area contributed by atoms with Gasteiger partial charge in [0.1, 0.15) is 0 Å². The smallest absolute Gasteiger partial charge is 0.231 e. The summed E-state index contributed by atoms with van der Waals surface area (Å²) in [5.74, 6) is 5.56. The first kappa shape index (κ1) is 15.7. The maximum Gasteiger partial charge on any atom is 0.231 e. The van der Waals surface area contributed by atoms with E-state index in [0.29, 0.717) is 13.1 Å². The van der Waals surface area contributed by atoms with Crippen LogP contribution in [0.4, 0.5) is 0 Å². The Bertz CT molecular complexity index is 459. The lowest BCUT2D eigenvalue weighted by molar-refractivity contribution is -0.119. The summed E-state index contributed by atoms with van der Waals surface area (Å²) in [7, 11) is 0. The van der Waals surface area contributed by atoms with E-state index in [4.69, 9.17) is 11.5 Å². The molecule has 104 valence electrons. The summed E-state index contributed by atoms with van der Waals surface area (Å²) in [5.41, 5.74) is 11.6. The monoisotopic (exact) mass is 279 g/mol. The average Bonchev–Trinajstić information content (AvgIpc) is 2.80. The highest BCUT2D eigenvalue weighted by Gasteiger charge is 2.09. The van der Waals surface area contributed by atoms with Crippen LogP contribution in [0.1, 0.15) is 30.2 Å². The SMILES string of the molecule is CCCCN(CC(N)=O)Cc1cc(C#CCN)cs1. The van der Waals surface area contributed by atoms with Crippen molar-refractivity contribution >= 4 is 17.2 Å². The number of hydrogen-bond donors (Lipinski definition) is 2. The molecule has 0 bridgehead atoms. The number of rotatable bonds is 7. The predicted molar refractivity (Wildman–Crippen MR) is 79.6 cm³/mol. The molecule has 0 saturated heterocycles. The van der Waals surface area contributed by atoms with Gasteiger partial charge in [-0.2, -0.15) is 0 Å². The van der Waals surface area contributed by atoms with E-state index in [1.807, 2.05) is 11.4 Å². The quantitative estimate of drug-likeness (QED) is 0.735. The number of nitrogens with zero attached hydrogens (tertiary/aromatic N) is 1. The molecule has 0 aromatic carbocycles. The highest BCUT2D eigenvalue weighted by molar-refractivity contribution is 7.10. The number of carbonyl (C=O) groups excluding carboxylic acids is 1. The molecular weight excluding hydrogens is 258 g/mol. The van der Waals surface area contributed by atoms with E-state index in [0.717, 1.165) is 31.5 Å². The van der Waals surface area contributed by atoms with Crippen molar-refractivity contribution in [3.8, 4) is 11.8 Å². The minimum absolute atomic E-state index is 0.282. The summed E-state index contributed by atoms with van der Waals surface area (Å²) in [6.07, 6.45) is 2.17. The molecule has 0 aliphatic carbocycles. The average molecular weight is 279 g/mol. The van der Waals surface area contributed by atoms with Crippen molar-refractivity contribution < 1.29 is 4.79 Å². The third-order valence-corrected chi connectivity index (χ3v) is 3.50. The largest absolute Gasteiger partial charge is 0.369 e. The van der Waals surface area contributed by atoms with Crippen molar-refractivity contribution in [2.45, 2.75) is 26.3 Å². The first-order chi connectivity index (χ1) is 9.15. The lowest BCUT2D eigenvalue weighted by atomic mass is 10.2. The molecule has 1 amide bonds. The summed E-state index contributed by atoms with van der Waals surface area (Å²) in [4.78, 5) is 14.3. The summed E-state index contributed by atoms with van der Waals surface area (Å²) in [6, 6.07) is 2.05. The van der Waals surface area contributed by atoms with Crippen LogP contribution in [0.3, 0.4) is 0 Å². The molecule has 5 heteroatoms. The first-order valence-corrected chi connectivity index (χ1v) is 7.30. The van der Waals surface area contributed by atoms with Crippen molar-refractivity contribution in [1.82, 2.24) is 4.90 Å². The van der Waals surface area contributed by atoms with Crippen LogP contribution in [0.5, 0.6) is 0 Å². The zero-order valence-electron chi connectivity index (χ0n) is 11.3. The second kappa shape index (κ2) is 8.70. The molecule has 0 radical (unpaired) electrons. The van der Waals surface area contributed by atoms with Gasteiger partial charge in [0, 0.05) is 22.4 Å². The normalized spacial score (nSPS) is 10.3. The second-order valence-electron chi connectivity index (χ2n) is 4.34. The Hall–Kier alpha value is -1.35. The first-order valence-electron chi connectivity index (χ1n) is 6.42. The van der Waals surface area contributed by atoms with Gasteiger partial charge < -0.3 is 11.5 Å². The number of nitrogens with two attached hydrogens (primary N) is 2. The standard InChI is InChI=1S/C14H21N3OS/c1-2-3-7-17(10-14(16)18)9-13-8-12(11-19-13)5-4-6-15/h8,11H,2-3,6-7,9-10,15H2,1H3,(H2,16,18). The van der Waals surface area contributed by atoms with E-state index in [9.17, 15) is 4.79 Å². The van der Waals surface area contributed by atoms with Crippen molar-refractivity contribution in [3.63, 3.8) is 0 Å². The van der Waals surface area contributed by atoms with Gasteiger partial charge in [-0.25, -0.2) is 0 Å². The van der Waals surface area contributed by atoms with Gasteiger partial charge in [0.2, 0.25) is 5.91 Å². The van der Waals surface area contributed by atoms with Gasteiger partial charge in [0.05, 0.1) is 13.1 Å². The van der Waals surface area contributed by atoms with E-state index in [1.54, 1.807) is 11.3 Å². The second-order valence-corrected chi connectivity index (χ2v) is 5.33. The lowest BCUT2D eigenvalue weighted by Crippen LogP contribution is -2.33. The van der Waals surface area contributed by atoms with Gasteiger partial charge in [-0.1, -0.05) is 25.2 Å². The Balaban J connectivity index is 2.61. The fourth-order valence-electron chi connectivity index (χ4n) is 1.72. The van der Waals surface area contributed by atoms with Crippen LogP contribution in [-0.2, 0) is 11.3 Å². The number of amides is 1. The summed E-state index contributed by atoms with van der Waals surface area (Å²) < 4.78 is 0. The van der Waals surface area contributed by atoms with Crippen molar-refractivity contribution in [1.29, 1.82) is 0 Å². The summed E-state index contributed by atoms with van der Waals surface area (Å²) >= 11 is 1.65. The van der Waals surface area contributed by atoms with E-state index >= 15 is 0 Å². The van der Waals surface area contributed by atoms with Crippen molar-refractivity contribution in [3.05, 3.63) is 21.9 Å². The topological polar surface area (TPSA) is 72.3 Å². The van der Waals surface area contributed by atoms with E-state index in [2.05, 4.69) is 23.7 Å². The molecule has 1 rings (SSSR count). The molecule has 0 spiro atoms. The third kappa shape index (κ3) is 6.39. The van der Waals surface area contributed by atoms with Gasteiger partial charge in [0.25, 0.3) is 0 Å². The van der Waals surface area contributed by atoms with Crippen LogP contribution in [0.15, 0.2) is 11.4 Å². The summed E-state index contributed by atoms with van der Waals surface area (Å²) in [6.45, 7) is 4.45. The van der Waals surface area contributed by atoms with Crippen LogP contribution >= 0.6 is 11.3 Å². The zero-order chi connectivity index (χ0) is 14.1. The highest BCUT2D eigenvalue weighted by atomic mass is 32.1. The maximum absolute atomic E-state index is 11.1. The molecule has 1 heterocycles. The van der Waals surface area contributed by atoms with Gasteiger partial charge in [0.15, 0.2) is 0 Å². The maximum atomic E-state index is 11.1. The van der Waals surface area contributed by atoms with Gasteiger partial charge in [-0.3, -0.25) is 9.69 Å². The third-order valence-electron chi connectivity index (χ3n) is 2.58. The number of thiophene rings is 1. The van der Waals surface area contributed by atoms with E-state index in [1.165, 1.54) is 4.88 Å². The fourth-order valence-corrected chi connectivity index (χ4v) is 2.58. The molecule has 4 N–H and O–H groups in total. The molecule has 1 aromatic heterocycles. The van der Waals surface area contributed by atoms with Crippen LogP contribution in [0.25, 0.3) is 0 Å². The molecule has 4 nitrogen and oxygen atoms in total. The lowest BCUT2D eigenvalue weighted by Gasteiger charge is -2.19. The van der Waals surface area contributed by atoms with Crippen LogP contribution in [0, 0.1) is 11.8 Å². The van der Waals surface area contributed by atoms with Crippen LogP contribution in [0.2, 0.25) is 0 Å². The highest BCUT2D eigenvalue weighted by Crippen LogP contribution is 2.16. The molecular formula is C14H21N3OS. The van der Waals surface area contributed by atoms with Crippen molar-refractivity contribution in [2.24, 2.45) is 11.5 Å². The molecule has 0 atom stereocenters. The summed E-state index contributed by atoms with van der Waals surface area (Å²) in [5, 5.41) is 2.01. The number of hydrogen-bond acceptors (Lipinski definition) is 4. The van der Waals surface area contributed by atoms with Crippen LogP contribution in [-0.4, -0.2) is 30.4 Å². The molecule has 0 aliphatic rings. The van der Waals surface area contributed by atoms with Crippen molar-refractivity contribution in [2.75, 3.05) is 19.6 Å². The van der Waals surface area contributed by atoms with E-state index < -0.39 is 0 Å². The van der Waals surface area contributed by atoms with Gasteiger partial charge in [-0.15, -0.1) is 11.3 Å². The van der Waals surface area contributed by atoms with Gasteiger partial charge in [-0.05, 0) is 19.0 Å². The van der Waals surface area contributed by atoms with Crippen LogP contribution < -0.4 is 11.5 Å². The Labute approximate surface area is 118 Å². The Kier molecular flexibility index (Phi) is 7.19. The van der Waals surface area contributed by atoms with E-state index in [-0.39, 0.29) is 5.91 Å². The Morgan fingerprint density at radius 3 is 2.95 bits per heavy atom. The minimum atomic E-state index is -0.282. The number of primary amides is 1. The zero-order valence-corrected chi connectivity index (χ0v) is 12.1.